The number of piperazine rings is 1. The van der Waals surface area contributed by atoms with Crippen LogP contribution in [0.2, 0.25) is 0 Å². The molecule has 0 radical (unpaired) electrons. The Bertz CT molecular complexity index is 1090. The molecule has 2 N–H and O–H groups in total. The summed E-state index contributed by atoms with van der Waals surface area (Å²) in [6, 6.07) is 17.7. The van der Waals surface area contributed by atoms with E-state index >= 15 is 0 Å². The molecule has 9 heteroatoms. The number of nitrogens with zero attached hydrogens (tertiary/aromatic N) is 6. The summed E-state index contributed by atoms with van der Waals surface area (Å²) in [5.74, 6) is 0.325. The summed E-state index contributed by atoms with van der Waals surface area (Å²) in [4.78, 5) is 16.9. The Labute approximate surface area is 180 Å². The molecule has 156 valence electrons. The smallest absolute Gasteiger partial charge is 0.253 e. The van der Waals surface area contributed by atoms with Crippen LogP contribution in [-0.4, -0.2) is 57.6 Å². The van der Waals surface area contributed by atoms with Crippen LogP contribution in [0.3, 0.4) is 0 Å². The van der Waals surface area contributed by atoms with E-state index in [1.807, 2.05) is 66.4 Å². The quantitative estimate of drug-likeness (QED) is 0.617. The molecule has 0 aliphatic carbocycles. The number of tetrazole rings is 1. The zero-order chi connectivity index (χ0) is 21.6. The molecule has 0 unspecified atom stereocenters. The third kappa shape index (κ3) is 4.70. The summed E-state index contributed by atoms with van der Waals surface area (Å²) in [5, 5.41) is 25.7. The molecular weight excluding hydrogens is 392 g/mol. The van der Waals surface area contributed by atoms with E-state index in [4.69, 9.17) is 0 Å². The van der Waals surface area contributed by atoms with Gasteiger partial charge in [-0.2, -0.15) is 10.5 Å². The van der Waals surface area contributed by atoms with Crippen LogP contribution in [-0.2, 0) is 0 Å². The summed E-state index contributed by atoms with van der Waals surface area (Å²) in [6.45, 7) is 4.94. The van der Waals surface area contributed by atoms with Crippen LogP contribution in [0.25, 0.3) is 5.57 Å². The van der Waals surface area contributed by atoms with Crippen molar-refractivity contribution < 1.29 is 4.79 Å². The second-order valence-electron chi connectivity index (χ2n) is 7.24. The fourth-order valence-corrected chi connectivity index (χ4v) is 3.39. The minimum Gasteiger partial charge on any atom is -0.368 e. The number of nitriles is 1. The van der Waals surface area contributed by atoms with E-state index in [0.29, 0.717) is 13.1 Å². The van der Waals surface area contributed by atoms with Crippen molar-refractivity contribution in [3.05, 3.63) is 71.7 Å². The van der Waals surface area contributed by atoms with E-state index in [9.17, 15) is 10.1 Å². The number of anilines is 2. The van der Waals surface area contributed by atoms with Crippen molar-refractivity contribution in [2.75, 3.05) is 36.4 Å². The molecule has 1 aromatic heterocycles. The van der Waals surface area contributed by atoms with Gasteiger partial charge in [0.2, 0.25) is 5.82 Å². The molecule has 1 fully saturated rings. The van der Waals surface area contributed by atoms with Crippen LogP contribution in [0.4, 0.5) is 11.4 Å². The molecule has 1 aliphatic rings. The van der Waals surface area contributed by atoms with E-state index in [2.05, 4.69) is 30.8 Å². The first-order valence-corrected chi connectivity index (χ1v) is 9.95. The van der Waals surface area contributed by atoms with Crippen LogP contribution in [0.5, 0.6) is 0 Å². The van der Waals surface area contributed by atoms with Crippen molar-refractivity contribution in [2.45, 2.75) is 6.92 Å². The second-order valence-corrected chi connectivity index (χ2v) is 7.24. The summed E-state index contributed by atoms with van der Waals surface area (Å²) < 4.78 is 0. The molecule has 1 saturated heterocycles. The lowest BCUT2D eigenvalue weighted by atomic mass is 10.1. The Hall–Kier alpha value is -4.19. The lowest BCUT2D eigenvalue weighted by Crippen LogP contribution is -2.48. The molecular formula is C22H22N8O. The van der Waals surface area contributed by atoms with Crippen LogP contribution < -0.4 is 10.2 Å². The van der Waals surface area contributed by atoms with Crippen LogP contribution in [0, 0.1) is 18.3 Å². The van der Waals surface area contributed by atoms with Crippen LogP contribution >= 0.6 is 0 Å². The van der Waals surface area contributed by atoms with Gasteiger partial charge in [-0.1, -0.05) is 17.7 Å². The molecule has 1 amide bonds. The number of hydrogen-bond acceptors (Lipinski definition) is 7. The molecule has 0 spiro atoms. The van der Waals surface area contributed by atoms with Crippen molar-refractivity contribution in [2.24, 2.45) is 0 Å². The number of carbonyl (C=O) groups is 1. The first kappa shape index (κ1) is 20.1. The maximum absolute atomic E-state index is 12.7. The van der Waals surface area contributed by atoms with Gasteiger partial charge in [-0.3, -0.25) is 4.79 Å². The Morgan fingerprint density at radius 1 is 1.10 bits per heavy atom. The van der Waals surface area contributed by atoms with E-state index < -0.39 is 0 Å². The predicted octanol–water partition coefficient (Wildman–Crippen LogP) is 2.45. The molecule has 4 rings (SSSR count). The van der Waals surface area contributed by atoms with Crippen molar-refractivity contribution in [3.8, 4) is 6.07 Å². The van der Waals surface area contributed by atoms with Crippen molar-refractivity contribution in [3.63, 3.8) is 0 Å². The Balaban J connectivity index is 1.33. The molecule has 1 aliphatic heterocycles. The highest BCUT2D eigenvalue weighted by molar-refractivity contribution is 5.94. The van der Waals surface area contributed by atoms with Crippen LogP contribution in [0.1, 0.15) is 21.7 Å². The van der Waals surface area contributed by atoms with Gasteiger partial charge in [0, 0.05) is 49.3 Å². The van der Waals surface area contributed by atoms with Gasteiger partial charge >= 0.3 is 0 Å². The fourth-order valence-electron chi connectivity index (χ4n) is 3.39. The van der Waals surface area contributed by atoms with Gasteiger partial charge in [0.05, 0.1) is 0 Å². The first-order valence-electron chi connectivity index (χ1n) is 9.95. The van der Waals surface area contributed by atoms with E-state index in [1.54, 1.807) is 6.20 Å². The van der Waals surface area contributed by atoms with Gasteiger partial charge < -0.3 is 15.1 Å². The summed E-state index contributed by atoms with van der Waals surface area (Å²) in [6.07, 6.45) is 1.55. The van der Waals surface area contributed by atoms with Crippen LogP contribution in [0.15, 0.2) is 54.7 Å². The molecule has 3 aromatic rings. The number of aromatic nitrogens is 4. The number of aryl methyl sites for hydroxylation is 1. The largest absolute Gasteiger partial charge is 0.368 e. The summed E-state index contributed by atoms with van der Waals surface area (Å²) in [7, 11) is 0. The van der Waals surface area contributed by atoms with Gasteiger partial charge in [0.25, 0.3) is 5.91 Å². The molecule has 2 aromatic carbocycles. The number of benzene rings is 2. The number of amides is 1. The molecule has 31 heavy (non-hydrogen) atoms. The average Bonchev–Trinajstić information content (AvgIpc) is 3.35. The standard InChI is InChI=1S/C22H22N8O/c1-16-2-4-17(5-3-16)22(31)30-12-10-29(11-13-30)20-8-6-19(7-9-20)24-15-18(14-23)21-25-27-28-26-21/h2-9,15,24H,10-13H2,1H3,(H,25,26,27,28). The van der Waals surface area contributed by atoms with Gasteiger partial charge in [-0.25, -0.2) is 0 Å². The third-order valence-corrected chi connectivity index (χ3v) is 5.19. The number of hydrogen-bond donors (Lipinski definition) is 2. The topological polar surface area (TPSA) is 114 Å². The monoisotopic (exact) mass is 414 g/mol. The van der Waals surface area contributed by atoms with Gasteiger partial charge in [-0.15, -0.1) is 10.2 Å². The number of allylic oxidation sites excluding steroid dienone is 1. The number of aromatic amines is 1. The molecule has 0 atom stereocenters. The zero-order valence-corrected chi connectivity index (χ0v) is 17.1. The first-order chi connectivity index (χ1) is 15.1. The maximum atomic E-state index is 12.7. The van der Waals surface area contributed by atoms with Crippen molar-refractivity contribution in [1.82, 2.24) is 25.5 Å². The SMILES string of the molecule is Cc1ccc(C(=O)N2CCN(c3ccc(NC=C(C#N)c4nn[nH]n4)cc3)CC2)cc1. The molecule has 0 bridgehead atoms. The van der Waals surface area contributed by atoms with Gasteiger partial charge in [0.15, 0.2) is 0 Å². The highest BCUT2D eigenvalue weighted by atomic mass is 16.2. The minimum absolute atomic E-state index is 0.0842. The highest BCUT2D eigenvalue weighted by Crippen LogP contribution is 2.21. The maximum Gasteiger partial charge on any atom is 0.253 e. The molecule has 0 saturated carbocycles. The fraction of sp³-hybridized carbons (Fsp3) is 0.227. The molecule has 2 heterocycles. The van der Waals surface area contributed by atoms with Gasteiger partial charge in [-0.05, 0) is 48.5 Å². The highest BCUT2D eigenvalue weighted by Gasteiger charge is 2.22. The number of carbonyl (C=O) groups excluding carboxylic acids is 1. The van der Waals surface area contributed by atoms with Gasteiger partial charge in [0.1, 0.15) is 11.6 Å². The predicted molar refractivity (Wildman–Crippen MR) is 117 cm³/mol. The normalized spacial score (nSPS) is 14.3. The van der Waals surface area contributed by atoms with E-state index in [1.165, 1.54) is 0 Å². The minimum atomic E-state index is 0.0842. The summed E-state index contributed by atoms with van der Waals surface area (Å²) >= 11 is 0. The lowest BCUT2D eigenvalue weighted by Gasteiger charge is -2.36. The zero-order valence-electron chi connectivity index (χ0n) is 17.1. The van der Waals surface area contributed by atoms with Crippen molar-refractivity contribution in [1.29, 1.82) is 5.26 Å². The van der Waals surface area contributed by atoms with E-state index in [0.717, 1.165) is 35.6 Å². The summed E-state index contributed by atoms with van der Waals surface area (Å²) in [5.41, 5.74) is 4.10. The lowest BCUT2D eigenvalue weighted by molar-refractivity contribution is 0.0747. The Morgan fingerprint density at radius 3 is 2.42 bits per heavy atom. The average molecular weight is 414 g/mol. The third-order valence-electron chi connectivity index (χ3n) is 5.19. The van der Waals surface area contributed by atoms with E-state index in [-0.39, 0.29) is 17.3 Å². The second kappa shape index (κ2) is 9.09. The number of H-pyrrole nitrogens is 1. The Morgan fingerprint density at radius 2 is 1.81 bits per heavy atom. The van der Waals surface area contributed by atoms with Crippen molar-refractivity contribution >= 4 is 22.9 Å². The Kier molecular flexibility index (Phi) is 5.89. The molecule has 9 nitrogen and oxygen atoms in total. The number of rotatable bonds is 5. The number of nitrogens with one attached hydrogen (secondary N) is 2.